The van der Waals surface area contributed by atoms with Crippen molar-refractivity contribution in [3.63, 3.8) is 0 Å². The monoisotopic (exact) mass is 407 g/mol. The van der Waals surface area contributed by atoms with E-state index < -0.39 is 0 Å². The van der Waals surface area contributed by atoms with E-state index in [9.17, 15) is 14.4 Å². The third-order valence-electron chi connectivity index (χ3n) is 4.50. The molecule has 3 amide bonds. The Morgan fingerprint density at radius 1 is 1.10 bits per heavy atom. The molecule has 0 bridgehead atoms. The summed E-state index contributed by atoms with van der Waals surface area (Å²) in [7, 11) is 1.43. The van der Waals surface area contributed by atoms with E-state index in [4.69, 9.17) is 4.74 Å². The van der Waals surface area contributed by atoms with Crippen LogP contribution in [-0.4, -0.2) is 41.3 Å². The summed E-state index contributed by atoms with van der Waals surface area (Å²) in [5.74, 6) is -0.334. The summed E-state index contributed by atoms with van der Waals surface area (Å²) in [6.45, 7) is 2.52. The van der Waals surface area contributed by atoms with E-state index in [1.807, 2.05) is 31.2 Å². The van der Waals surface area contributed by atoms with E-state index in [1.165, 1.54) is 24.5 Å². The van der Waals surface area contributed by atoms with E-state index >= 15 is 0 Å². The molecule has 7 nitrogen and oxygen atoms in total. The molecule has 1 aliphatic rings. The predicted octanol–water partition coefficient (Wildman–Crippen LogP) is 3.69. The van der Waals surface area contributed by atoms with Crippen LogP contribution in [0.25, 0.3) is 10.6 Å². The van der Waals surface area contributed by atoms with Crippen LogP contribution in [0.5, 0.6) is 5.75 Å². The van der Waals surface area contributed by atoms with Crippen LogP contribution >= 0.6 is 11.3 Å². The summed E-state index contributed by atoms with van der Waals surface area (Å²) in [5.41, 5.74) is 2.22. The SMILES string of the molecule is CCOc1ccc(-c2nc(C(=O)Nc3ccc4c(c3)C(=O)N(C)C4=O)cs2)cc1. The number of amides is 3. The number of hydrogen-bond donors (Lipinski definition) is 1. The number of carbonyl (C=O) groups is 3. The van der Waals surface area contributed by atoms with Gasteiger partial charge in [0.2, 0.25) is 0 Å². The molecule has 8 heteroatoms. The van der Waals surface area contributed by atoms with Crippen molar-refractivity contribution >= 4 is 34.7 Å². The summed E-state index contributed by atoms with van der Waals surface area (Å²) in [6.07, 6.45) is 0. The standard InChI is InChI=1S/C21H17N3O4S/c1-3-28-14-7-4-12(5-8-14)19-23-17(11-29-19)18(25)22-13-6-9-15-16(10-13)21(27)24(2)20(15)26/h4-11H,3H2,1-2H3,(H,22,25). The third-order valence-corrected chi connectivity index (χ3v) is 5.39. The number of anilines is 1. The quantitative estimate of drug-likeness (QED) is 0.652. The van der Waals surface area contributed by atoms with Crippen LogP contribution in [0, 0.1) is 0 Å². The van der Waals surface area contributed by atoms with Crippen molar-refractivity contribution in [2.75, 3.05) is 19.0 Å². The first-order valence-corrected chi connectivity index (χ1v) is 9.82. The van der Waals surface area contributed by atoms with Gasteiger partial charge in [0.05, 0.1) is 17.7 Å². The summed E-state index contributed by atoms with van der Waals surface area (Å²) in [4.78, 5) is 42.1. The maximum absolute atomic E-state index is 12.6. The van der Waals surface area contributed by atoms with Crippen molar-refractivity contribution in [2.45, 2.75) is 6.92 Å². The van der Waals surface area contributed by atoms with E-state index in [0.29, 0.717) is 17.9 Å². The highest BCUT2D eigenvalue weighted by atomic mass is 32.1. The summed E-state index contributed by atoms with van der Waals surface area (Å²) >= 11 is 1.36. The van der Waals surface area contributed by atoms with Crippen molar-refractivity contribution < 1.29 is 19.1 Å². The minimum Gasteiger partial charge on any atom is -0.494 e. The highest BCUT2D eigenvalue weighted by molar-refractivity contribution is 7.13. The normalized spacial score (nSPS) is 12.8. The fraction of sp³-hybridized carbons (Fsp3) is 0.143. The number of thiazole rings is 1. The molecule has 0 fully saturated rings. The van der Waals surface area contributed by atoms with Gasteiger partial charge in [0.25, 0.3) is 17.7 Å². The number of rotatable bonds is 5. The van der Waals surface area contributed by atoms with Gasteiger partial charge >= 0.3 is 0 Å². The van der Waals surface area contributed by atoms with Crippen molar-refractivity contribution in [3.8, 4) is 16.3 Å². The molecule has 0 spiro atoms. The second-order valence-electron chi connectivity index (χ2n) is 6.38. The van der Waals surface area contributed by atoms with Crippen molar-refractivity contribution in [1.29, 1.82) is 0 Å². The van der Waals surface area contributed by atoms with Gasteiger partial charge in [-0.15, -0.1) is 11.3 Å². The van der Waals surface area contributed by atoms with Gasteiger partial charge in [-0.3, -0.25) is 19.3 Å². The van der Waals surface area contributed by atoms with Crippen LogP contribution in [0.3, 0.4) is 0 Å². The lowest BCUT2D eigenvalue weighted by Crippen LogP contribution is -2.24. The van der Waals surface area contributed by atoms with E-state index in [1.54, 1.807) is 17.5 Å². The van der Waals surface area contributed by atoms with Gasteiger partial charge in [0.15, 0.2) is 0 Å². The highest BCUT2D eigenvalue weighted by Gasteiger charge is 2.32. The Morgan fingerprint density at radius 3 is 2.55 bits per heavy atom. The van der Waals surface area contributed by atoms with Gasteiger partial charge in [-0.05, 0) is 49.4 Å². The van der Waals surface area contributed by atoms with Crippen LogP contribution in [-0.2, 0) is 0 Å². The number of hydrogen-bond acceptors (Lipinski definition) is 6. The lowest BCUT2D eigenvalue weighted by Gasteiger charge is -2.05. The zero-order valence-corrected chi connectivity index (χ0v) is 16.6. The molecule has 0 saturated carbocycles. The van der Waals surface area contributed by atoms with Gasteiger partial charge < -0.3 is 10.1 Å². The number of aromatic nitrogens is 1. The largest absolute Gasteiger partial charge is 0.494 e. The van der Waals surface area contributed by atoms with Gasteiger partial charge in [0, 0.05) is 23.7 Å². The van der Waals surface area contributed by atoms with Crippen LogP contribution in [0.15, 0.2) is 47.8 Å². The molecule has 0 unspecified atom stereocenters. The molecule has 2 aromatic carbocycles. The van der Waals surface area contributed by atoms with Gasteiger partial charge in [-0.2, -0.15) is 0 Å². The fourth-order valence-electron chi connectivity index (χ4n) is 3.01. The first-order chi connectivity index (χ1) is 14.0. The summed E-state index contributed by atoms with van der Waals surface area (Å²) in [5, 5.41) is 5.13. The molecule has 0 aliphatic carbocycles. The van der Waals surface area contributed by atoms with Gasteiger partial charge in [0.1, 0.15) is 16.5 Å². The number of ether oxygens (including phenoxy) is 1. The van der Waals surface area contributed by atoms with Crippen molar-refractivity contribution in [1.82, 2.24) is 9.88 Å². The van der Waals surface area contributed by atoms with Crippen molar-refractivity contribution in [2.24, 2.45) is 0 Å². The predicted molar refractivity (Wildman–Crippen MR) is 110 cm³/mol. The number of nitrogens with zero attached hydrogens (tertiary/aromatic N) is 2. The fourth-order valence-corrected chi connectivity index (χ4v) is 3.81. The van der Waals surface area contributed by atoms with Crippen LogP contribution in [0.2, 0.25) is 0 Å². The van der Waals surface area contributed by atoms with E-state index in [-0.39, 0.29) is 29.0 Å². The molecule has 0 atom stereocenters. The molecule has 0 radical (unpaired) electrons. The van der Waals surface area contributed by atoms with Gasteiger partial charge in [-0.1, -0.05) is 0 Å². The second-order valence-corrected chi connectivity index (χ2v) is 7.24. The Balaban J connectivity index is 1.50. The van der Waals surface area contributed by atoms with Crippen LogP contribution in [0.1, 0.15) is 38.1 Å². The average molecular weight is 407 g/mol. The number of benzene rings is 2. The Labute approximate surface area is 170 Å². The number of imide groups is 1. The minimum atomic E-state index is -0.386. The molecule has 3 aromatic rings. The Kier molecular flexibility index (Phi) is 4.85. The smallest absolute Gasteiger partial charge is 0.275 e. The van der Waals surface area contributed by atoms with E-state index in [2.05, 4.69) is 10.3 Å². The molecular weight excluding hydrogens is 390 g/mol. The molecule has 4 rings (SSSR count). The zero-order valence-electron chi connectivity index (χ0n) is 15.8. The lowest BCUT2D eigenvalue weighted by atomic mass is 10.1. The second kappa shape index (κ2) is 7.48. The number of carbonyl (C=O) groups excluding carboxylic acids is 3. The molecule has 146 valence electrons. The topological polar surface area (TPSA) is 88.6 Å². The molecule has 29 heavy (non-hydrogen) atoms. The summed E-state index contributed by atoms with van der Waals surface area (Å²) in [6, 6.07) is 12.2. The Hall–Kier alpha value is -3.52. The third kappa shape index (κ3) is 3.50. The lowest BCUT2D eigenvalue weighted by molar-refractivity contribution is 0.0692. The Morgan fingerprint density at radius 2 is 1.83 bits per heavy atom. The maximum Gasteiger partial charge on any atom is 0.275 e. The van der Waals surface area contributed by atoms with Crippen LogP contribution < -0.4 is 10.1 Å². The highest BCUT2D eigenvalue weighted by Crippen LogP contribution is 2.27. The first-order valence-electron chi connectivity index (χ1n) is 8.94. The first kappa shape index (κ1) is 18.8. The molecule has 0 saturated heterocycles. The minimum absolute atomic E-state index is 0.277. The average Bonchev–Trinajstić information content (AvgIpc) is 3.30. The molecular formula is C21H17N3O4S. The molecule has 1 N–H and O–H groups in total. The Bertz CT molecular complexity index is 1120. The van der Waals surface area contributed by atoms with Crippen LogP contribution in [0.4, 0.5) is 5.69 Å². The zero-order chi connectivity index (χ0) is 20.5. The summed E-state index contributed by atoms with van der Waals surface area (Å²) < 4.78 is 5.43. The van der Waals surface area contributed by atoms with Crippen molar-refractivity contribution in [3.05, 3.63) is 64.7 Å². The maximum atomic E-state index is 12.6. The van der Waals surface area contributed by atoms with Gasteiger partial charge in [-0.25, -0.2) is 4.98 Å². The number of nitrogens with one attached hydrogen (secondary N) is 1. The molecule has 1 aromatic heterocycles. The molecule has 2 heterocycles. The van der Waals surface area contributed by atoms with E-state index in [0.717, 1.165) is 21.2 Å². The number of fused-ring (bicyclic) bond motifs is 1. The molecule has 1 aliphatic heterocycles.